The summed E-state index contributed by atoms with van der Waals surface area (Å²) in [7, 11) is 0. The first-order valence-electron chi connectivity index (χ1n) is 7.63. The third-order valence-electron chi connectivity index (χ3n) is 3.90. The van der Waals surface area contributed by atoms with E-state index in [4.69, 9.17) is 11.6 Å². The van der Waals surface area contributed by atoms with Crippen LogP contribution in [-0.4, -0.2) is 28.5 Å². The van der Waals surface area contributed by atoms with Crippen molar-refractivity contribution in [2.75, 3.05) is 11.4 Å². The first-order valence-corrected chi connectivity index (χ1v) is 8.00. The molecule has 1 aliphatic rings. The molecule has 0 unspecified atom stereocenters. The summed E-state index contributed by atoms with van der Waals surface area (Å²) in [4.78, 5) is 27.4. The number of rotatable bonds is 3. The summed E-state index contributed by atoms with van der Waals surface area (Å²) in [5.74, 6) is -0.288. The molecule has 0 spiro atoms. The van der Waals surface area contributed by atoms with Crippen molar-refractivity contribution >= 4 is 29.2 Å². The third-order valence-corrected chi connectivity index (χ3v) is 4.27. The number of carbonyl (C=O) groups is 2. The Morgan fingerprint density at radius 3 is 2.75 bits per heavy atom. The number of anilines is 1. The lowest BCUT2D eigenvalue weighted by Gasteiger charge is -2.27. The Kier molecular flexibility index (Phi) is 4.71. The molecule has 3 amide bonds. The molecule has 1 saturated heterocycles. The standard InChI is InChI=1S/C18H16ClN2O3/c19-14-7-2-1-6-13(14)12-21(15-8-3-4-9-16(15)22)18(24)20-11-5-10-17(20)23/h1-4,6-7,9,22H,5,10-12H2. The van der Waals surface area contributed by atoms with Crippen LogP contribution in [0.5, 0.6) is 5.75 Å². The van der Waals surface area contributed by atoms with Gasteiger partial charge in [0.2, 0.25) is 5.91 Å². The van der Waals surface area contributed by atoms with Gasteiger partial charge in [-0.1, -0.05) is 41.9 Å². The van der Waals surface area contributed by atoms with Crippen LogP contribution in [0.2, 0.25) is 5.02 Å². The normalized spacial score (nSPS) is 14.0. The molecule has 1 fully saturated rings. The highest BCUT2D eigenvalue weighted by molar-refractivity contribution is 6.31. The number of carbonyl (C=O) groups excluding carboxylic acids is 2. The predicted octanol–water partition coefficient (Wildman–Crippen LogP) is 3.59. The largest absolute Gasteiger partial charge is 0.506 e. The van der Waals surface area contributed by atoms with Gasteiger partial charge in [0.15, 0.2) is 0 Å². The number of phenolic OH excluding ortho intramolecular Hbond substituents is 1. The van der Waals surface area contributed by atoms with Crippen molar-refractivity contribution in [3.63, 3.8) is 0 Å². The lowest BCUT2D eigenvalue weighted by atomic mass is 10.2. The molecule has 123 valence electrons. The van der Waals surface area contributed by atoms with E-state index in [1.165, 1.54) is 15.9 Å². The number of halogens is 1. The van der Waals surface area contributed by atoms with Crippen LogP contribution in [0.3, 0.4) is 0 Å². The van der Waals surface area contributed by atoms with Gasteiger partial charge < -0.3 is 5.11 Å². The molecule has 0 aliphatic carbocycles. The maximum absolute atomic E-state index is 12.9. The van der Waals surface area contributed by atoms with Crippen molar-refractivity contribution < 1.29 is 14.7 Å². The van der Waals surface area contributed by atoms with E-state index in [2.05, 4.69) is 6.07 Å². The van der Waals surface area contributed by atoms with Gasteiger partial charge >= 0.3 is 6.03 Å². The number of urea groups is 1. The Morgan fingerprint density at radius 2 is 2.08 bits per heavy atom. The van der Waals surface area contributed by atoms with Gasteiger partial charge in [-0.15, -0.1) is 0 Å². The molecule has 6 heteroatoms. The van der Waals surface area contributed by atoms with E-state index in [0.717, 1.165) is 5.56 Å². The van der Waals surface area contributed by atoms with Gasteiger partial charge in [-0.3, -0.25) is 14.6 Å². The molecule has 0 saturated carbocycles. The number of hydrogen-bond acceptors (Lipinski definition) is 3. The number of nitrogens with zero attached hydrogens (tertiary/aromatic N) is 2. The van der Waals surface area contributed by atoms with Crippen molar-refractivity contribution in [3.05, 3.63) is 59.1 Å². The van der Waals surface area contributed by atoms with E-state index >= 15 is 0 Å². The van der Waals surface area contributed by atoms with Gasteiger partial charge in [0.25, 0.3) is 0 Å². The topological polar surface area (TPSA) is 60.9 Å². The molecular formula is C18H16ClN2O3. The number of benzene rings is 2. The Bertz CT molecular complexity index is 778. The fourth-order valence-electron chi connectivity index (χ4n) is 2.67. The Morgan fingerprint density at radius 1 is 1.29 bits per heavy atom. The second kappa shape index (κ2) is 6.93. The summed E-state index contributed by atoms with van der Waals surface area (Å²) in [5, 5.41) is 10.6. The van der Waals surface area contributed by atoms with Crippen LogP contribution in [0.25, 0.3) is 0 Å². The average Bonchev–Trinajstić information content (AvgIpc) is 3.00. The van der Waals surface area contributed by atoms with E-state index in [9.17, 15) is 14.7 Å². The molecule has 1 aliphatic heterocycles. The fraction of sp³-hybridized carbons (Fsp3) is 0.222. The van der Waals surface area contributed by atoms with Crippen molar-refractivity contribution in [2.45, 2.75) is 19.4 Å². The first-order chi connectivity index (χ1) is 11.6. The molecule has 2 aromatic carbocycles. The lowest BCUT2D eigenvalue weighted by Crippen LogP contribution is -2.43. The third kappa shape index (κ3) is 3.21. The second-order valence-electron chi connectivity index (χ2n) is 5.51. The Balaban J connectivity index is 1.98. The molecule has 5 nitrogen and oxygen atoms in total. The van der Waals surface area contributed by atoms with Gasteiger partial charge in [-0.2, -0.15) is 0 Å². The van der Waals surface area contributed by atoms with Gasteiger partial charge in [-0.05, 0) is 24.1 Å². The summed E-state index contributed by atoms with van der Waals surface area (Å²) in [6, 6.07) is 14.2. The van der Waals surface area contributed by atoms with Crippen LogP contribution >= 0.6 is 11.6 Å². The van der Waals surface area contributed by atoms with E-state index in [1.54, 1.807) is 30.3 Å². The number of aromatic hydroxyl groups is 1. The van der Waals surface area contributed by atoms with E-state index in [0.29, 0.717) is 24.4 Å². The summed E-state index contributed by atoms with van der Waals surface area (Å²) in [6.45, 7) is 0.515. The number of hydrogen-bond donors (Lipinski definition) is 1. The maximum atomic E-state index is 12.9. The zero-order valence-corrected chi connectivity index (χ0v) is 13.7. The number of para-hydroxylation sites is 1. The second-order valence-corrected chi connectivity index (χ2v) is 5.92. The molecule has 0 atom stereocenters. The first kappa shape index (κ1) is 16.3. The fourth-order valence-corrected chi connectivity index (χ4v) is 2.87. The van der Waals surface area contributed by atoms with Gasteiger partial charge in [0, 0.05) is 24.1 Å². The quantitative estimate of drug-likeness (QED) is 0.926. The van der Waals surface area contributed by atoms with Crippen LogP contribution in [0.1, 0.15) is 18.4 Å². The minimum atomic E-state index is -0.477. The lowest BCUT2D eigenvalue weighted by molar-refractivity contribution is -0.125. The number of amides is 3. The van der Waals surface area contributed by atoms with Crippen LogP contribution in [-0.2, 0) is 11.3 Å². The van der Waals surface area contributed by atoms with E-state index < -0.39 is 6.03 Å². The molecule has 2 aromatic rings. The number of likely N-dealkylation sites (tertiary alicyclic amines) is 1. The van der Waals surface area contributed by atoms with Crippen molar-refractivity contribution in [3.8, 4) is 5.75 Å². The molecule has 0 aromatic heterocycles. The van der Waals surface area contributed by atoms with Crippen LogP contribution in [0.4, 0.5) is 10.5 Å². The van der Waals surface area contributed by atoms with Gasteiger partial charge in [0.05, 0.1) is 12.2 Å². The molecule has 0 bridgehead atoms. The van der Waals surface area contributed by atoms with Crippen molar-refractivity contribution in [1.29, 1.82) is 0 Å². The van der Waals surface area contributed by atoms with Crippen LogP contribution in [0, 0.1) is 6.07 Å². The Labute approximate surface area is 145 Å². The molecule has 1 N–H and O–H groups in total. The molecule has 3 rings (SSSR count). The molecule has 24 heavy (non-hydrogen) atoms. The number of phenols is 1. The van der Waals surface area contributed by atoms with Crippen molar-refractivity contribution in [1.82, 2.24) is 4.90 Å². The SMILES string of the molecule is O=C1CCCN1C(=O)N(Cc1ccccc1Cl)c1[c]cccc1O. The summed E-state index contributed by atoms with van der Waals surface area (Å²) >= 11 is 6.20. The average molecular weight is 344 g/mol. The van der Waals surface area contributed by atoms with Crippen molar-refractivity contribution in [2.24, 2.45) is 0 Å². The summed E-state index contributed by atoms with van der Waals surface area (Å²) in [5.41, 5.74) is 0.943. The zero-order chi connectivity index (χ0) is 17.1. The Hall–Kier alpha value is -2.53. The smallest absolute Gasteiger partial charge is 0.331 e. The molecule has 1 radical (unpaired) electrons. The minimum absolute atomic E-state index is 0.0791. The van der Waals surface area contributed by atoms with E-state index in [-0.39, 0.29) is 23.9 Å². The highest BCUT2D eigenvalue weighted by atomic mass is 35.5. The van der Waals surface area contributed by atoms with E-state index in [1.807, 2.05) is 6.07 Å². The van der Waals surface area contributed by atoms with Crippen LogP contribution < -0.4 is 4.90 Å². The monoisotopic (exact) mass is 343 g/mol. The molecular weight excluding hydrogens is 328 g/mol. The molecule has 1 heterocycles. The van der Waals surface area contributed by atoms with Gasteiger partial charge in [0.1, 0.15) is 5.75 Å². The number of imide groups is 1. The predicted molar refractivity (Wildman–Crippen MR) is 90.9 cm³/mol. The highest BCUT2D eigenvalue weighted by Gasteiger charge is 2.32. The zero-order valence-electron chi connectivity index (χ0n) is 12.9. The summed E-state index contributed by atoms with van der Waals surface area (Å²) < 4.78 is 0. The van der Waals surface area contributed by atoms with Crippen LogP contribution in [0.15, 0.2) is 42.5 Å². The van der Waals surface area contributed by atoms with Gasteiger partial charge in [-0.25, -0.2) is 4.79 Å². The highest BCUT2D eigenvalue weighted by Crippen LogP contribution is 2.30. The summed E-state index contributed by atoms with van der Waals surface area (Å²) in [6.07, 6.45) is 1.01. The maximum Gasteiger partial charge on any atom is 0.331 e. The minimum Gasteiger partial charge on any atom is -0.506 e.